The number of hydroxylamine groups is 2. The minimum atomic E-state index is -5.19. The molecule has 0 amide bonds. The Balaban J connectivity index is 2.22. The van der Waals surface area contributed by atoms with Crippen LogP contribution in [0.4, 0.5) is 14.6 Å². The molecule has 1 aliphatic heterocycles. The predicted octanol–water partition coefficient (Wildman–Crippen LogP) is 0.566. The second-order valence-electron chi connectivity index (χ2n) is 9.26. The van der Waals surface area contributed by atoms with E-state index in [2.05, 4.69) is 15.9 Å². The third-order valence-corrected chi connectivity index (χ3v) is 6.22. The molecular weight excluding hydrogens is 567 g/mol. The van der Waals surface area contributed by atoms with E-state index in [1.54, 1.807) is 27.7 Å². The normalized spacial score (nSPS) is 22.3. The average molecular weight is 601 g/mol. The Labute approximate surface area is 227 Å². The number of aromatic nitrogens is 2. The number of hydrogen-bond acceptors (Lipinski definition) is 15. The van der Waals surface area contributed by atoms with Gasteiger partial charge in [-0.25, -0.2) is 18.9 Å². The van der Waals surface area contributed by atoms with Crippen LogP contribution in [0.3, 0.4) is 0 Å². The molecule has 0 aromatic carbocycles. The minimum Gasteiger partial charge on any atom is -0.384 e. The summed E-state index contributed by atoms with van der Waals surface area (Å²) in [6.07, 6.45) is -6.71. The molecule has 1 aliphatic rings. The molecule has 0 aliphatic carbocycles. The number of aliphatic hydroxyl groups excluding tert-OH is 1. The van der Waals surface area contributed by atoms with Crippen LogP contribution in [0.25, 0.3) is 0 Å². The first-order valence-electron chi connectivity index (χ1n) is 12.1. The third-order valence-electron chi connectivity index (χ3n) is 4.95. The first kappa shape index (κ1) is 33.6. The quantitative estimate of drug-likeness (QED) is 0.170. The fourth-order valence-corrected chi connectivity index (χ4v) is 4.13. The highest BCUT2D eigenvalue weighted by atomic mass is 31.2. The Morgan fingerprint density at radius 3 is 2.08 bits per heavy atom. The molecule has 2 rings (SSSR count). The van der Waals surface area contributed by atoms with E-state index in [4.69, 9.17) is 33.7 Å². The zero-order chi connectivity index (χ0) is 30.4. The molecule has 0 unspecified atom stereocenters. The molecule has 0 saturated carbocycles. The van der Waals surface area contributed by atoms with Crippen LogP contribution in [-0.2, 0) is 42.1 Å². The predicted molar refractivity (Wildman–Crippen MR) is 131 cm³/mol. The maximum absolute atomic E-state index is 14.8. The summed E-state index contributed by atoms with van der Waals surface area (Å²) >= 11 is 0. The number of hydrogen-bond donors (Lipinski definition) is 4. The molecule has 0 spiro atoms. The lowest BCUT2D eigenvalue weighted by Gasteiger charge is -2.23. The number of alkyl halides is 2. The maximum atomic E-state index is 14.8. The van der Waals surface area contributed by atoms with Crippen LogP contribution in [-0.4, -0.2) is 75.6 Å². The minimum absolute atomic E-state index is 0.238. The van der Waals surface area contributed by atoms with Gasteiger partial charge in [0.05, 0.1) is 18.8 Å². The van der Waals surface area contributed by atoms with Crippen molar-refractivity contribution >= 4 is 25.6 Å². The lowest BCUT2D eigenvalue weighted by atomic mass is 10.1. The maximum Gasteiger partial charge on any atom is 0.592 e. The van der Waals surface area contributed by atoms with Crippen molar-refractivity contribution in [2.45, 2.75) is 90.2 Å². The fourth-order valence-electron chi connectivity index (χ4n) is 2.90. The number of nitrogens with zero attached hydrogens (tertiary/aromatic N) is 2. The van der Waals surface area contributed by atoms with E-state index in [1.165, 1.54) is 13.8 Å². The van der Waals surface area contributed by atoms with Crippen molar-refractivity contribution in [1.82, 2.24) is 20.5 Å². The van der Waals surface area contributed by atoms with Gasteiger partial charge in [-0.1, -0.05) is 0 Å². The van der Waals surface area contributed by atoms with Crippen molar-refractivity contribution in [2.75, 3.05) is 12.3 Å². The van der Waals surface area contributed by atoms with E-state index < -0.39 is 68.5 Å². The zero-order valence-corrected chi connectivity index (χ0v) is 23.5. The molecule has 19 heteroatoms. The van der Waals surface area contributed by atoms with Gasteiger partial charge in [-0.15, -0.1) is 0 Å². The molecule has 5 atom stereocenters. The first-order valence-corrected chi connectivity index (χ1v) is 13.5. The number of rotatable bonds is 14. The van der Waals surface area contributed by atoms with E-state index in [0.29, 0.717) is 4.57 Å². The molecule has 5 N–H and O–H groups in total. The number of nitrogens with one attached hydrogen (secondary N) is 2. The Hall–Kier alpha value is -2.57. The number of halogens is 2. The molecule has 1 aromatic heterocycles. The number of carbonyl (C=O) groups is 2. The lowest BCUT2D eigenvalue weighted by Crippen LogP contribution is -2.42. The topological polar surface area (TPSA) is 212 Å². The summed E-state index contributed by atoms with van der Waals surface area (Å²) in [5.41, 5.74) is 8.83. The summed E-state index contributed by atoms with van der Waals surface area (Å²) in [5, 5.41) is 10.2. The second kappa shape index (κ2) is 13.9. The summed E-state index contributed by atoms with van der Waals surface area (Å²) in [7, 11) is -5.19. The number of anilines is 1. The van der Waals surface area contributed by atoms with Crippen LogP contribution >= 0.6 is 7.82 Å². The van der Waals surface area contributed by atoms with Crippen LogP contribution in [0.1, 0.15) is 47.8 Å². The summed E-state index contributed by atoms with van der Waals surface area (Å²) in [6, 6.07) is -1.44. The number of phosphoric ester groups is 1. The van der Waals surface area contributed by atoms with Crippen LogP contribution in [0, 0.1) is 0 Å². The number of nitrogens with two attached hydrogens (primary N) is 1. The van der Waals surface area contributed by atoms with E-state index in [1.807, 2.05) is 0 Å². The molecule has 0 bridgehead atoms. The van der Waals surface area contributed by atoms with E-state index in [-0.39, 0.29) is 18.0 Å². The van der Waals surface area contributed by atoms with Gasteiger partial charge in [0.25, 0.3) is 0 Å². The molecule has 228 valence electrons. The second-order valence-corrected chi connectivity index (χ2v) is 10.8. The number of phosphoric acid groups is 1. The molecule has 1 aromatic rings. The van der Waals surface area contributed by atoms with Gasteiger partial charge < -0.3 is 24.6 Å². The van der Waals surface area contributed by atoms with Gasteiger partial charge in [0.15, 0.2) is 6.10 Å². The monoisotopic (exact) mass is 601 g/mol. The van der Waals surface area contributed by atoms with Crippen LogP contribution in [0.2, 0.25) is 0 Å². The fraction of sp³-hybridized carbons (Fsp3) is 0.714. The van der Waals surface area contributed by atoms with E-state index in [0.717, 1.165) is 12.3 Å². The third kappa shape index (κ3) is 8.97. The highest BCUT2D eigenvalue weighted by Gasteiger charge is 2.60. The van der Waals surface area contributed by atoms with Crippen LogP contribution in [0.5, 0.6) is 0 Å². The summed E-state index contributed by atoms with van der Waals surface area (Å²) < 4.78 is 63.1. The number of nitrogen functional groups attached to an aromatic ring is 1. The summed E-state index contributed by atoms with van der Waals surface area (Å²) in [5.74, 6) is -6.82. The van der Waals surface area contributed by atoms with Crippen LogP contribution < -0.4 is 22.4 Å². The Bertz CT molecular complexity index is 1100. The highest BCUT2D eigenvalue weighted by molar-refractivity contribution is 7.49. The standard InChI is InChI=1S/C21H34F2N5O11P/c1-10(2)36-26-12(5)17(30)38-40(33,39-18(31)13(6)27-37-11(3)4)34-9-14-16(29)21(22,23)19(35-14)28-8-7-15(24)25-20(28)32/h7-8,10-14,16,19,26-27,29H,9H2,1-6H3,(H2,24,25,32)/t12-,13-,14+,16+,19+/m0/s1. The van der Waals surface area contributed by atoms with Crippen molar-refractivity contribution in [2.24, 2.45) is 0 Å². The van der Waals surface area contributed by atoms with Crippen molar-refractivity contribution in [1.29, 1.82) is 0 Å². The molecule has 1 fully saturated rings. The van der Waals surface area contributed by atoms with Gasteiger partial charge in [0.1, 0.15) is 24.0 Å². The molecule has 1 saturated heterocycles. The molecule has 40 heavy (non-hydrogen) atoms. The molecular formula is C21H34F2N5O11P. The van der Waals surface area contributed by atoms with Gasteiger partial charge in [0.2, 0.25) is 6.23 Å². The lowest BCUT2D eigenvalue weighted by molar-refractivity contribution is -0.149. The van der Waals surface area contributed by atoms with Crippen molar-refractivity contribution < 1.29 is 56.0 Å². The Kier molecular flexibility index (Phi) is 11.7. The first-order chi connectivity index (χ1) is 18.5. The van der Waals surface area contributed by atoms with E-state index in [9.17, 15) is 32.8 Å². The largest absolute Gasteiger partial charge is 0.592 e. The summed E-state index contributed by atoms with van der Waals surface area (Å²) in [4.78, 5) is 50.5. The van der Waals surface area contributed by atoms with Gasteiger partial charge in [-0.2, -0.15) is 24.7 Å². The van der Waals surface area contributed by atoms with Gasteiger partial charge in [0, 0.05) is 6.20 Å². The smallest absolute Gasteiger partial charge is 0.384 e. The van der Waals surface area contributed by atoms with Gasteiger partial charge >= 0.3 is 31.4 Å². The SMILES string of the molecule is CC(C)ON[C@@H](C)C(=O)OP(=O)(OC[C@H]1O[C@@H](n2ccc(N)nc2=O)C(F)(F)[C@@H]1O)OC(=O)[C@H](C)NOC(C)C. The van der Waals surface area contributed by atoms with E-state index >= 15 is 0 Å². The van der Waals surface area contributed by atoms with Gasteiger partial charge in [-0.05, 0) is 47.6 Å². The molecule has 2 heterocycles. The van der Waals surface area contributed by atoms with Gasteiger partial charge in [-0.3, -0.25) is 18.8 Å². The highest BCUT2D eigenvalue weighted by Crippen LogP contribution is 2.52. The number of carbonyl (C=O) groups excluding carboxylic acids is 2. The molecule has 16 nitrogen and oxygen atoms in total. The zero-order valence-electron chi connectivity index (χ0n) is 22.6. The van der Waals surface area contributed by atoms with Crippen LogP contribution in [0.15, 0.2) is 17.1 Å². The van der Waals surface area contributed by atoms with Crippen molar-refractivity contribution in [3.05, 3.63) is 22.7 Å². The molecule has 0 radical (unpaired) electrons. The Morgan fingerprint density at radius 2 is 1.62 bits per heavy atom. The van der Waals surface area contributed by atoms with Crippen molar-refractivity contribution in [3.8, 4) is 0 Å². The summed E-state index contributed by atoms with van der Waals surface area (Å²) in [6.45, 7) is 8.02. The Morgan fingerprint density at radius 1 is 1.12 bits per heavy atom. The van der Waals surface area contributed by atoms with Crippen molar-refractivity contribution in [3.63, 3.8) is 0 Å². The number of aliphatic hydroxyl groups is 1. The number of ether oxygens (including phenoxy) is 1. The average Bonchev–Trinajstić information content (AvgIpc) is 3.07.